The topological polar surface area (TPSA) is 62.6 Å². The van der Waals surface area contributed by atoms with E-state index in [4.69, 9.17) is 19.2 Å². The molecule has 0 atom stereocenters. The second kappa shape index (κ2) is 8.28. The summed E-state index contributed by atoms with van der Waals surface area (Å²) in [5, 5.41) is 1.06. The van der Waals surface area contributed by atoms with Crippen molar-refractivity contribution in [2.45, 2.75) is 26.8 Å². The van der Waals surface area contributed by atoms with Crippen LogP contribution < -0.4 is 9.47 Å². The van der Waals surface area contributed by atoms with Gasteiger partial charge in [-0.25, -0.2) is 9.78 Å². The first-order valence-electron chi connectivity index (χ1n) is 11.1. The van der Waals surface area contributed by atoms with E-state index in [2.05, 4.69) is 4.57 Å². The highest BCUT2D eigenvalue weighted by Gasteiger charge is 2.32. The lowest BCUT2D eigenvalue weighted by molar-refractivity contribution is 0.0528. The molecule has 3 heterocycles. The zero-order valence-electron chi connectivity index (χ0n) is 19.3. The molecule has 0 radical (unpaired) electrons. The monoisotopic (exact) mass is 442 g/mol. The van der Waals surface area contributed by atoms with Gasteiger partial charge in [0.1, 0.15) is 0 Å². The molecule has 0 spiro atoms. The number of benzene rings is 2. The van der Waals surface area contributed by atoms with Gasteiger partial charge < -0.3 is 18.8 Å². The van der Waals surface area contributed by atoms with Crippen LogP contribution in [0.2, 0.25) is 0 Å². The van der Waals surface area contributed by atoms with E-state index < -0.39 is 0 Å². The van der Waals surface area contributed by atoms with Gasteiger partial charge in [-0.3, -0.25) is 0 Å². The van der Waals surface area contributed by atoms with E-state index in [0.29, 0.717) is 23.7 Å². The number of rotatable bonds is 5. The number of esters is 1. The number of aromatic nitrogens is 2. The van der Waals surface area contributed by atoms with Crippen LogP contribution in [0.25, 0.3) is 33.4 Å². The summed E-state index contributed by atoms with van der Waals surface area (Å²) < 4.78 is 18.8. The van der Waals surface area contributed by atoms with Crippen LogP contribution in [0.1, 0.15) is 28.5 Å². The Kier molecular flexibility index (Phi) is 5.29. The van der Waals surface area contributed by atoms with Crippen LogP contribution in [0.3, 0.4) is 0 Å². The van der Waals surface area contributed by atoms with Gasteiger partial charge >= 0.3 is 5.97 Å². The van der Waals surface area contributed by atoms with Gasteiger partial charge in [-0.2, -0.15) is 0 Å². The van der Waals surface area contributed by atoms with Crippen molar-refractivity contribution in [3.63, 3.8) is 0 Å². The smallest absolute Gasteiger partial charge is 0.341 e. The second-order valence-corrected chi connectivity index (χ2v) is 8.06. The summed E-state index contributed by atoms with van der Waals surface area (Å²) in [6.45, 7) is 4.92. The lowest BCUT2D eigenvalue weighted by Gasteiger charge is -2.23. The zero-order chi connectivity index (χ0) is 23.1. The summed E-state index contributed by atoms with van der Waals surface area (Å²) >= 11 is 0. The van der Waals surface area contributed by atoms with Crippen LogP contribution >= 0.6 is 0 Å². The van der Waals surface area contributed by atoms with Crippen LogP contribution in [-0.2, 0) is 17.7 Å². The van der Waals surface area contributed by atoms with Crippen molar-refractivity contribution >= 4 is 16.9 Å². The summed E-state index contributed by atoms with van der Waals surface area (Å²) in [4.78, 5) is 18.3. The van der Waals surface area contributed by atoms with Gasteiger partial charge in [-0.15, -0.1) is 0 Å². The summed E-state index contributed by atoms with van der Waals surface area (Å²) in [6, 6.07) is 16.0. The predicted octanol–water partition coefficient (Wildman–Crippen LogP) is 5.43. The van der Waals surface area contributed by atoms with Crippen molar-refractivity contribution in [3.05, 3.63) is 65.4 Å². The number of hydrogen-bond acceptors (Lipinski definition) is 5. The van der Waals surface area contributed by atoms with E-state index in [-0.39, 0.29) is 5.97 Å². The minimum absolute atomic E-state index is 0.298. The van der Waals surface area contributed by atoms with Gasteiger partial charge in [0.15, 0.2) is 11.5 Å². The van der Waals surface area contributed by atoms with Crippen molar-refractivity contribution in [1.29, 1.82) is 0 Å². The van der Waals surface area contributed by atoms with E-state index in [0.717, 1.165) is 57.6 Å². The highest BCUT2D eigenvalue weighted by molar-refractivity contribution is 6.05. The Bertz CT molecular complexity index is 1390. The van der Waals surface area contributed by atoms with Crippen LogP contribution in [-0.4, -0.2) is 36.3 Å². The number of pyridine rings is 1. The molecule has 1 aliphatic rings. The van der Waals surface area contributed by atoms with E-state index in [1.807, 2.05) is 62.4 Å². The molecular weight excluding hydrogens is 416 g/mol. The lowest BCUT2D eigenvalue weighted by atomic mass is 9.94. The summed E-state index contributed by atoms with van der Waals surface area (Å²) in [5.41, 5.74) is 6.92. The van der Waals surface area contributed by atoms with E-state index in [1.165, 1.54) is 0 Å². The molecule has 0 unspecified atom stereocenters. The number of carbonyl (C=O) groups excluding carboxylic acids is 1. The van der Waals surface area contributed by atoms with Gasteiger partial charge in [0.05, 0.1) is 43.3 Å². The maximum atomic E-state index is 13.4. The standard InChI is InChI=1S/C27H26N2O4/c1-5-33-27(30)25-24(21-11-10-17-8-6-7-9-20(17)28-21)16(2)29-13-12-18-14-22(31-3)23(32-4)15-19(18)26(25)29/h6-11,14-15H,5,12-13H2,1-4H3. The number of fused-ring (bicyclic) bond motifs is 4. The number of nitrogens with zero attached hydrogens (tertiary/aromatic N) is 2. The summed E-state index contributed by atoms with van der Waals surface area (Å²) in [6.07, 6.45) is 0.824. The molecule has 168 valence electrons. The van der Waals surface area contributed by atoms with Gasteiger partial charge in [-0.1, -0.05) is 24.3 Å². The van der Waals surface area contributed by atoms with Crippen LogP contribution in [0.15, 0.2) is 48.5 Å². The van der Waals surface area contributed by atoms with Crippen molar-refractivity contribution in [3.8, 4) is 34.0 Å². The average molecular weight is 443 g/mol. The van der Waals surface area contributed by atoms with Gasteiger partial charge in [0, 0.05) is 28.8 Å². The molecule has 0 bridgehead atoms. The van der Waals surface area contributed by atoms with Crippen LogP contribution in [0.5, 0.6) is 11.5 Å². The Hall–Kier alpha value is -3.80. The fourth-order valence-electron chi connectivity index (χ4n) is 4.80. The predicted molar refractivity (Wildman–Crippen MR) is 128 cm³/mol. The maximum absolute atomic E-state index is 13.4. The third kappa shape index (κ3) is 3.33. The summed E-state index contributed by atoms with van der Waals surface area (Å²) in [5.74, 6) is 0.966. The highest BCUT2D eigenvalue weighted by atomic mass is 16.5. The Labute approximate surface area is 192 Å². The van der Waals surface area contributed by atoms with E-state index in [9.17, 15) is 4.79 Å². The second-order valence-electron chi connectivity index (χ2n) is 8.06. The molecule has 0 aliphatic carbocycles. The molecule has 6 nitrogen and oxygen atoms in total. The van der Waals surface area contributed by atoms with Gasteiger partial charge in [-0.05, 0) is 50.1 Å². The molecule has 0 saturated carbocycles. The SMILES string of the molecule is CCOC(=O)c1c(-c2ccc3ccccc3n2)c(C)n2c1-c1cc(OC)c(OC)cc1CC2. The highest BCUT2D eigenvalue weighted by Crippen LogP contribution is 2.45. The molecule has 5 rings (SSSR count). The van der Waals surface area contributed by atoms with Gasteiger partial charge in [0.25, 0.3) is 0 Å². The van der Waals surface area contributed by atoms with Gasteiger partial charge in [0.2, 0.25) is 0 Å². The molecule has 0 amide bonds. The number of aryl methyl sites for hydroxylation is 1. The third-order valence-corrected chi connectivity index (χ3v) is 6.33. The molecule has 6 heteroatoms. The van der Waals surface area contributed by atoms with E-state index in [1.54, 1.807) is 14.2 Å². The quantitative estimate of drug-likeness (QED) is 0.386. The van der Waals surface area contributed by atoms with Crippen molar-refractivity contribution < 1.29 is 19.0 Å². The zero-order valence-corrected chi connectivity index (χ0v) is 19.3. The maximum Gasteiger partial charge on any atom is 0.341 e. The molecule has 0 N–H and O–H groups in total. The lowest BCUT2D eigenvalue weighted by Crippen LogP contribution is -2.15. The molecule has 2 aromatic heterocycles. The first kappa shape index (κ1) is 21.1. The molecule has 2 aromatic carbocycles. The molecular formula is C27H26N2O4. The average Bonchev–Trinajstić information content (AvgIpc) is 3.15. The Morgan fingerprint density at radius 2 is 1.82 bits per heavy atom. The first-order chi connectivity index (χ1) is 16.1. The number of para-hydroxylation sites is 1. The van der Waals surface area contributed by atoms with Crippen molar-refractivity contribution in [1.82, 2.24) is 9.55 Å². The number of methoxy groups -OCH3 is 2. The summed E-state index contributed by atoms with van der Waals surface area (Å²) in [7, 11) is 3.25. The normalized spacial score (nSPS) is 12.2. The van der Waals surface area contributed by atoms with Crippen LogP contribution in [0, 0.1) is 6.92 Å². The number of ether oxygens (including phenoxy) is 3. The fourth-order valence-corrected chi connectivity index (χ4v) is 4.80. The Morgan fingerprint density at radius 1 is 1.06 bits per heavy atom. The minimum Gasteiger partial charge on any atom is -0.493 e. The largest absolute Gasteiger partial charge is 0.493 e. The molecule has 1 aliphatic heterocycles. The van der Waals surface area contributed by atoms with Crippen LogP contribution in [0.4, 0.5) is 0 Å². The number of carbonyl (C=O) groups is 1. The molecule has 0 fully saturated rings. The number of hydrogen-bond donors (Lipinski definition) is 0. The Morgan fingerprint density at radius 3 is 2.58 bits per heavy atom. The van der Waals surface area contributed by atoms with Crippen molar-refractivity contribution in [2.24, 2.45) is 0 Å². The molecule has 0 saturated heterocycles. The molecule has 4 aromatic rings. The first-order valence-corrected chi connectivity index (χ1v) is 11.1. The van der Waals surface area contributed by atoms with Crippen molar-refractivity contribution in [2.75, 3.05) is 20.8 Å². The van der Waals surface area contributed by atoms with E-state index >= 15 is 0 Å². The molecule has 33 heavy (non-hydrogen) atoms. The minimum atomic E-state index is -0.345. The third-order valence-electron chi connectivity index (χ3n) is 6.33. The Balaban J connectivity index is 1.81. The fraction of sp³-hybridized carbons (Fsp3) is 0.259.